The molecule has 0 unspecified atom stereocenters. The fraction of sp³-hybridized carbons (Fsp3) is 0.154. The van der Waals surface area contributed by atoms with Crippen LogP contribution in [0.2, 0.25) is 0 Å². The maximum Gasteiger partial charge on any atom is 0.352 e. The lowest BCUT2D eigenvalue weighted by molar-refractivity contribution is 0.0685. The third-order valence-electron chi connectivity index (χ3n) is 2.61. The zero-order valence-electron chi connectivity index (χ0n) is 9.44. The van der Waals surface area contributed by atoms with Crippen LogP contribution in [0.3, 0.4) is 0 Å². The van der Waals surface area contributed by atoms with Crippen molar-refractivity contribution in [1.82, 2.24) is 4.57 Å². The van der Waals surface area contributed by atoms with Crippen molar-refractivity contribution >= 4 is 5.97 Å². The minimum Gasteiger partial charge on any atom is -0.477 e. The van der Waals surface area contributed by atoms with Gasteiger partial charge in [0, 0.05) is 18.8 Å². The number of nitrogens with zero attached hydrogens (tertiary/aromatic N) is 1. The molecule has 0 saturated carbocycles. The number of hydrogen-bond donors (Lipinski definition) is 1. The molecule has 2 rings (SSSR count). The Morgan fingerprint density at radius 3 is 2.50 bits per heavy atom. The SMILES string of the molecule is O=C(O)c1cccn1CCc1cc(F)cc(F)c1. The van der Waals surface area contributed by atoms with Crippen molar-refractivity contribution in [2.24, 2.45) is 0 Å². The standard InChI is InChI=1S/C13H11F2NO2/c14-10-6-9(7-11(15)8-10)3-5-16-4-1-2-12(16)13(17)18/h1-2,4,6-8H,3,5H2,(H,17,18). The van der Waals surface area contributed by atoms with Crippen molar-refractivity contribution in [2.75, 3.05) is 0 Å². The first kappa shape index (κ1) is 12.3. The van der Waals surface area contributed by atoms with E-state index in [-0.39, 0.29) is 5.69 Å². The Morgan fingerprint density at radius 2 is 1.89 bits per heavy atom. The average Bonchev–Trinajstić information content (AvgIpc) is 2.73. The van der Waals surface area contributed by atoms with Crippen LogP contribution in [0.15, 0.2) is 36.5 Å². The summed E-state index contributed by atoms with van der Waals surface area (Å²) in [6.07, 6.45) is 1.99. The van der Waals surface area contributed by atoms with Gasteiger partial charge in [-0.3, -0.25) is 0 Å². The van der Waals surface area contributed by atoms with Crippen LogP contribution in [0.4, 0.5) is 8.78 Å². The normalized spacial score (nSPS) is 10.6. The molecule has 1 heterocycles. The molecule has 94 valence electrons. The maximum atomic E-state index is 13.0. The number of carbonyl (C=O) groups is 1. The third kappa shape index (κ3) is 2.74. The lowest BCUT2D eigenvalue weighted by Crippen LogP contribution is -2.09. The second kappa shape index (κ2) is 5.00. The van der Waals surface area contributed by atoms with Gasteiger partial charge in [0.15, 0.2) is 0 Å². The van der Waals surface area contributed by atoms with Gasteiger partial charge in [0.05, 0.1) is 0 Å². The quantitative estimate of drug-likeness (QED) is 0.907. The monoisotopic (exact) mass is 251 g/mol. The van der Waals surface area contributed by atoms with E-state index in [2.05, 4.69) is 0 Å². The highest BCUT2D eigenvalue weighted by molar-refractivity contribution is 5.85. The summed E-state index contributed by atoms with van der Waals surface area (Å²) in [7, 11) is 0. The Bertz CT molecular complexity index is 558. The minimum atomic E-state index is -1.02. The largest absolute Gasteiger partial charge is 0.477 e. The maximum absolute atomic E-state index is 13.0. The smallest absolute Gasteiger partial charge is 0.352 e. The summed E-state index contributed by atoms with van der Waals surface area (Å²) in [4.78, 5) is 10.9. The highest BCUT2D eigenvalue weighted by Gasteiger charge is 2.08. The van der Waals surface area contributed by atoms with Gasteiger partial charge in [0.25, 0.3) is 0 Å². The summed E-state index contributed by atoms with van der Waals surface area (Å²) in [5.74, 6) is -2.28. The van der Waals surface area contributed by atoms with E-state index in [1.807, 2.05) is 0 Å². The van der Waals surface area contributed by atoms with Crippen LogP contribution >= 0.6 is 0 Å². The van der Waals surface area contributed by atoms with Crippen molar-refractivity contribution in [3.05, 3.63) is 59.4 Å². The van der Waals surface area contributed by atoms with Crippen LogP contribution in [-0.2, 0) is 13.0 Å². The molecule has 0 aliphatic carbocycles. The van der Waals surface area contributed by atoms with Gasteiger partial charge in [-0.15, -0.1) is 0 Å². The number of carboxylic acids is 1. The van der Waals surface area contributed by atoms with Crippen molar-refractivity contribution in [3.63, 3.8) is 0 Å². The van der Waals surface area contributed by atoms with E-state index < -0.39 is 17.6 Å². The van der Waals surface area contributed by atoms with E-state index >= 15 is 0 Å². The zero-order chi connectivity index (χ0) is 13.1. The predicted molar refractivity (Wildman–Crippen MR) is 61.5 cm³/mol. The molecule has 1 N–H and O–H groups in total. The van der Waals surface area contributed by atoms with E-state index in [9.17, 15) is 13.6 Å². The molecule has 5 heteroatoms. The Balaban J connectivity index is 2.11. The molecule has 0 fully saturated rings. The molecule has 2 aromatic rings. The topological polar surface area (TPSA) is 42.2 Å². The summed E-state index contributed by atoms with van der Waals surface area (Å²) in [5.41, 5.74) is 0.657. The lowest BCUT2D eigenvalue weighted by Gasteiger charge is -2.06. The summed E-state index contributed by atoms with van der Waals surface area (Å²) in [6, 6.07) is 6.39. The van der Waals surface area contributed by atoms with Crippen LogP contribution in [-0.4, -0.2) is 15.6 Å². The number of benzene rings is 1. The van der Waals surface area contributed by atoms with E-state index in [4.69, 9.17) is 5.11 Å². The fourth-order valence-corrected chi connectivity index (χ4v) is 1.81. The molecule has 3 nitrogen and oxygen atoms in total. The first-order chi connectivity index (χ1) is 8.56. The number of aromatic carboxylic acids is 1. The second-order valence-electron chi connectivity index (χ2n) is 3.92. The number of carboxylic acid groups (broad SMARTS) is 1. The summed E-state index contributed by atoms with van der Waals surface area (Å²) >= 11 is 0. The minimum absolute atomic E-state index is 0.159. The number of aromatic nitrogens is 1. The molecule has 1 aromatic heterocycles. The molecule has 0 atom stereocenters. The second-order valence-corrected chi connectivity index (χ2v) is 3.92. The van der Waals surface area contributed by atoms with Gasteiger partial charge in [0.1, 0.15) is 17.3 Å². The first-order valence-electron chi connectivity index (χ1n) is 5.39. The molecule has 0 bridgehead atoms. The van der Waals surface area contributed by atoms with Gasteiger partial charge < -0.3 is 9.67 Å². The van der Waals surface area contributed by atoms with Crippen molar-refractivity contribution in [1.29, 1.82) is 0 Å². The zero-order valence-corrected chi connectivity index (χ0v) is 9.44. The Kier molecular flexibility index (Phi) is 3.41. The number of rotatable bonds is 4. The Morgan fingerprint density at radius 1 is 1.22 bits per heavy atom. The van der Waals surface area contributed by atoms with E-state index in [0.29, 0.717) is 18.5 Å². The molecule has 0 amide bonds. The van der Waals surface area contributed by atoms with E-state index in [1.54, 1.807) is 12.3 Å². The van der Waals surface area contributed by atoms with Crippen LogP contribution in [0.25, 0.3) is 0 Å². The Labute approximate surface area is 102 Å². The summed E-state index contributed by atoms with van der Waals surface area (Å²) in [6.45, 7) is 0.359. The molecule has 0 radical (unpaired) electrons. The average molecular weight is 251 g/mol. The van der Waals surface area contributed by atoms with Gasteiger partial charge in [0.2, 0.25) is 0 Å². The van der Waals surface area contributed by atoms with E-state index in [0.717, 1.165) is 6.07 Å². The lowest BCUT2D eigenvalue weighted by atomic mass is 10.1. The highest BCUT2D eigenvalue weighted by Crippen LogP contribution is 2.11. The fourth-order valence-electron chi connectivity index (χ4n) is 1.81. The molecule has 1 aromatic carbocycles. The summed E-state index contributed by atoms with van der Waals surface area (Å²) < 4.78 is 27.5. The molecular weight excluding hydrogens is 240 g/mol. The highest BCUT2D eigenvalue weighted by atomic mass is 19.1. The third-order valence-corrected chi connectivity index (χ3v) is 2.61. The van der Waals surface area contributed by atoms with Gasteiger partial charge in [-0.25, -0.2) is 13.6 Å². The van der Waals surface area contributed by atoms with Crippen LogP contribution in [0, 0.1) is 11.6 Å². The molecule has 18 heavy (non-hydrogen) atoms. The van der Waals surface area contributed by atoms with Crippen molar-refractivity contribution in [2.45, 2.75) is 13.0 Å². The first-order valence-corrected chi connectivity index (χ1v) is 5.39. The van der Waals surface area contributed by atoms with Gasteiger partial charge in [-0.05, 0) is 36.2 Å². The van der Waals surface area contributed by atoms with Crippen molar-refractivity contribution in [3.8, 4) is 0 Å². The van der Waals surface area contributed by atoms with Crippen molar-refractivity contribution < 1.29 is 18.7 Å². The number of aryl methyl sites for hydroxylation is 2. The number of halogens is 2. The Hall–Kier alpha value is -2.17. The molecule has 0 spiro atoms. The summed E-state index contributed by atoms with van der Waals surface area (Å²) in [5, 5.41) is 8.90. The van der Waals surface area contributed by atoms with E-state index in [1.165, 1.54) is 22.8 Å². The molecular formula is C13H11F2NO2. The van der Waals surface area contributed by atoms with Gasteiger partial charge >= 0.3 is 5.97 Å². The van der Waals surface area contributed by atoms with Gasteiger partial charge in [-0.1, -0.05) is 0 Å². The molecule has 0 aliphatic rings. The number of hydrogen-bond acceptors (Lipinski definition) is 1. The van der Waals surface area contributed by atoms with Gasteiger partial charge in [-0.2, -0.15) is 0 Å². The van der Waals surface area contributed by atoms with Crippen LogP contribution < -0.4 is 0 Å². The molecule has 0 aliphatic heterocycles. The van der Waals surface area contributed by atoms with Crippen LogP contribution in [0.5, 0.6) is 0 Å². The predicted octanol–water partition coefficient (Wildman–Crippen LogP) is 2.71. The molecule has 0 saturated heterocycles. The van der Waals surface area contributed by atoms with Crippen LogP contribution in [0.1, 0.15) is 16.1 Å².